The van der Waals surface area contributed by atoms with Gasteiger partial charge in [0.15, 0.2) is 0 Å². The second-order valence-corrected chi connectivity index (χ2v) is 8.59. The van der Waals surface area contributed by atoms with Crippen molar-refractivity contribution in [3.63, 3.8) is 0 Å². The van der Waals surface area contributed by atoms with E-state index in [4.69, 9.17) is 16.6 Å². The molecule has 0 bridgehead atoms. The Kier molecular flexibility index (Phi) is 7.52. The Labute approximate surface area is 189 Å². The van der Waals surface area contributed by atoms with E-state index in [0.717, 1.165) is 45.8 Å². The molecular formula is C25H30ClN5. The van der Waals surface area contributed by atoms with Gasteiger partial charge in [-0.3, -0.25) is 4.98 Å². The molecule has 1 N–H and O–H groups in total. The van der Waals surface area contributed by atoms with E-state index >= 15 is 0 Å². The van der Waals surface area contributed by atoms with E-state index in [-0.39, 0.29) is 0 Å². The molecule has 0 radical (unpaired) electrons. The summed E-state index contributed by atoms with van der Waals surface area (Å²) < 4.78 is 0. The van der Waals surface area contributed by atoms with Gasteiger partial charge in [0.25, 0.3) is 0 Å². The number of anilines is 1. The molecule has 1 saturated heterocycles. The van der Waals surface area contributed by atoms with Crippen LogP contribution >= 0.6 is 11.6 Å². The van der Waals surface area contributed by atoms with E-state index in [0.29, 0.717) is 0 Å². The predicted octanol–water partition coefficient (Wildman–Crippen LogP) is 4.89. The highest BCUT2D eigenvalue weighted by Gasteiger charge is 2.12. The third kappa shape index (κ3) is 6.26. The minimum atomic E-state index is 0.729. The number of halogens is 1. The number of pyridine rings is 2. The summed E-state index contributed by atoms with van der Waals surface area (Å²) in [7, 11) is 2.20. The zero-order valence-electron chi connectivity index (χ0n) is 18.1. The molecule has 0 spiro atoms. The largest absolute Gasteiger partial charge is 0.384 e. The van der Waals surface area contributed by atoms with E-state index in [1.807, 2.05) is 36.4 Å². The molecule has 6 heteroatoms. The quantitative estimate of drug-likeness (QED) is 0.510. The van der Waals surface area contributed by atoms with Crippen LogP contribution in [0.5, 0.6) is 0 Å². The van der Waals surface area contributed by atoms with Crippen LogP contribution in [-0.4, -0.2) is 66.1 Å². The molecule has 3 aromatic rings. The molecule has 0 saturated carbocycles. The molecule has 1 aromatic carbocycles. The van der Waals surface area contributed by atoms with Crippen LogP contribution < -0.4 is 5.32 Å². The third-order valence-electron chi connectivity index (χ3n) is 5.76. The van der Waals surface area contributed by atoms with Crippen LogP contribution in [0, 0.1) is 0 Å². The third-order valence-corrected chi connectivity index (χ3v) is 5.99. The molecule has 0 amide bonds. The molecule has 4 rings (SSSR count). The molecule has 1 fully saturated rings. The Bertz CT molecular complexity index is 1010. The number of piperazine rings is 1. The maximum absolute atomic E-state index is 6.27. The Morgan fingerprint density at radius 3 is 2.61 bits per heavy atom. The monoisotopic (exact) mass is 435 g/mol. The molecule has 0 atom stereocenters. The zero-order chi connectivity index (χ0) is 21.5. The molecule has 0 unspecified atom stereocenters. The predicted molar refractivity (Wildman–Crippen MR) is 132 cm³/mol. The van der Waals surface area contributed by atoms with Crippen molar-refractivity contribution in [3.8, 4) is 0 Å². The molecule has 3 heterocycles. The number of nitrogens with zero attached hydrogens (tertiary/aromatic N) is 4. The van der Waals surface area contributed by atoms with Gasteiger partial charge in [-0.2, -0.15) is 0 Å². The molecule has 162 valence electrons. The van der Waals surface area contributed by atoms with Crippen LogP contribution in [0.4, 0.5) is 5.69 Å². The molecule has 2 aromatic heterocycles. The number of rotatable bonds is 8. The van der Waals surface area contributed by atoms with Crippen LogP contribution in [0.3, 0.4) is 0 Å². The van der Waals surface area contributed by atoms with Gasteiger partial charge in [-0.05, 0) is 74.5 Å². The van der Waals surface area contributed by atoms with Gasteiger partial charge in [-0.25, -0.2) is 4.98 Å². The fourth-order valence-electron chi connectivity index (χ4n) is 3.86. The van der Waals surface area contributed by atoms with Crippen LogP contribution in [0.25, 0.3) is 23.1 Å². The first-order chi connectivity index (χ1) is 15.2. The lowest BCUT2D eigenvalue weighted by molar-refractivity contribution is 0.152. The van der Waals surface area contributed by atoms with E-state index in [1.165, 1.54) is 39.1 Å². The number of nitrogens with one attached hydrogen (secondary N) is 1. The smallest absolute Gasteiger partial charge is 0.0731 e. The van der Waals surface area contributed by atoms with Gasteiger partial charge in [0.2, 0.25) is 0 Å². The van der Waals surface area contributed by atoms with Gasteiger partial charge in [-0.15, -0.1) is 0 Å². The zero-order valence-corrected chi connectivity index (χ0v) is 18.9. The van der Waals surface area contributed by atoms with Crippen molar-refractivity contribution in [3.05, 3.63) is 65.1 Å². The van der Waals surface area contributed by atoms with Crippen LogP contribution in [0.1, 0.15) is 24.1 Å². The minimum absolute atomic E-state index is 0.729. The van der Waals surface area contributed by atoms with Crippen molar-refractivity contribution in [2.45, 2.75) is 12.8 Å². The standard InChI is InChI=1S/C25H30ClN5/c1-30-14-16-31(17-15-30)13-3-2-10-28-25-19-22(6-4-20-8-11-27-12-9-20)29-24-7-5-21(26)18-23(24)25/h4-9,11-12,18-19H,2-3,10,13-17H2,1H3,(H,28,29)/b6-4+. The molecular weight excluding hydrogens is 406 g/mol. The summed E-state index contributed by atoms with van der Waals surface area (Å²) in [5.41, 5.74) is 4.06. The van der Waals surface area contributed by atoms with Crippen LogP contribution in [-0.2, 0) is 0 Å². The number of likely N-dealkylation sites (N-methyl/N-ethyl adjacent to an activating group) is 1. The minimum Gasteiger partial charge on any atom is -0.384 e. The van der Waals surface area contributed by atoms with Crippen molar-refractivity contribution in [2.75, 3.05) is 51.6 Å². The van der Waals surface area contributed by atoms with Crippen molar-refractivity contribution in [1.82, 2.24) is 19.8 Å². The first-order valence-electron chi connectivity index (χ1n) is 11.0. The summed E-state index contributed by atoms with van der Waals surface area (Å²) in [4.78, 5) is 13.8. The van der Waals surface area contributed by atoms with Crippen LogP contribution in [0.15, 0.2) is 48.8 Å². The lowest BCUT2D eigenvalue weighted by Gasteiger charge is -2.32. The number of benzene rings is 1. The van der Waals surface area contributed by atoms with Crippen molar-refractivity contribution >= 4 is 40.3 Å². The number of fused-ring (bicyclic) bond motifs is 1. The topological polar surface area (TPSA) is 44.3 Å². The summed E-state index contributed by atoms with van der Waals surface area (Å²) >= 11 is 6.27. The van der Waals surface area contributed by atoms with E-state index in [2.05, 4.69) is 39.3 Å². The first kappa shape index (κ1) is 21.8. The van der Waals surface area contributed by atoms with E-state index in [1.54, 1.807) is 12.4 Å². The van der Waals surface area contributed by atoms with Gasteiger partial charge in [-0.1, -0.05) is 17.7 Å². The summed E-state index contributed by atoms with van der Waals surface area (Å²) in [5.74, 6) is 0. The van der Waals surface area contributed by atoms with Crippen molar-refractivity contribution in [1.29, 1.82) is 0 Å². The fraction of sp³-hybridized carbons (Fsp3) is 0.360. The summed E-state index contributed by atoms with van der Waals surface area (Å²) in [6.45, 7) is 6.84. The molecule has 0 aliphatic carbocycles. The van der Waals surface area contributed by atoms with Crippen LogP contribution in [0.2, 0.25) is 5.02 Å². The van der Waals surface area contributed by atoms with Crippen molar-refractivity contribution < 1.29 is 0 Å². The number of aromatic nitrogens is 2. The fourth-order valence-corrected chi connectivity index (χ4v) is 4.03. The van der Waals surface area contributed by atoms with Crippen molar-refractivity contribution in [2.24, 2.45) is 0 Å². The Balaban J connectivity index is 1.40. The Morgan fingerprint density at radius 1 is 1.00 bits per heavy atom. The van der Waals surface area contributed by atoms with Gasteiger partial charge in [0, 0.05) is 61.2 Å². The normalized spacial score (nSPS) is 15.7. The summed E-state index contributed by atoms with van der Waals surface area (Å²) in [5, 5.41) is 5.42. The average Bonchev–Trinajstić information content (AvgIpc) is 2.79. The second-order valence-electron chi connectivity index (χ2n) is 8.15. The highest BCUT2D eigenvalue weighted by Crippen LogP contribution is 2.27. The highest BCUT2D eigenvalue weighted by molar-refractivity contribution is 6.31. The number of hydrogen-bond donors (Lipinski definition) is 1. The van der Waals surface area contributed by atoms with Gasteiger partial charge in [0.1, 0.15) is 0 Å². The molecule has 31 heavy (non-hydrogen) atoms. The maximum Gasteiger partial charge on any atom is 0.0731 e. The lowest BCUT2D eigenvalue weighted by Crippen LogP contribution is -2.44. The highest BCUT2D eigenvalue weighted by atomic mass is 35.5. The maximum atomic E-state index is 6.27. The number of unbranched alkanes of at least 4 members (excludes halogenated alkanes) is 1. The van der Waals surface area contributed by atoms with E-state index in [9.17, 15) is 0 Å². The van der Waals surface area contributed by atoms with Gasteiger partial charge < -0.3 is 15.1 Å². The summed E-state index contributed by atoms with van der Waals surface area (Å²) in [6.07, 6.45) is 10.0. The second kappa shape index (κ2) is 10.7. The first-order valence-corrected chi connectivity index (χ1v) is 11.4. The Morgan fingerprint density at radius 2 is 1.81 bits per heavy atom. The van der Waals surface area contributed by atoms with E-state index < -0.39 is 0 Å². The summed E-state index contributed by atoms with van der Waals surface area (Å²) in [6, 6.07) is 11.9. The van der Waals surface area contributed by atoms with Gasteiger partial charge in [0.05, 0.1) is 11.2 Å². The lowest BCUT2D eigenvalue weighted by atomic mass is 10.1. The number of hydrogen-bond acceptors (Lipinski definition) is 5. The SMILES string of the molecule is CN1CCN(CCCCNc2cc(/C=C/c3ccncc3)nc3ccc(Cl)cc23)CC1. The molecule has 5 nitrogen and oxygen atoms in total. The molecule has 1 aliphatic rings. The average molecular weight is 436 g/mol. The Hall–Kier alpha value is -2.47. The van der Waals surface area contributed by atoms with Gasteiger partial charge >= 0.3 is 0 Å². The molecule has 1 aliphatic heterocycles.